The van der Waals surface area contributed by atoms with Gasteiger partial charge in [0, 0.05) is 6.61 Å². The second kappa shape index (κ2) is 8.10. The molecule has 0 unspecified atom stereocenters. The quantitative estimate of drug-likeness (QED) is 0.519. The highest BCUT2D eigenvalue weighted by Gasteiger charge is 2.49. The molecule has 0 aromatic heterocycles. The van der Waals surface area contributed by atoms with Gasteiger partial charge in [0.15, 0.2) is 5.29 Å². The third kappa shape index (κ3) is 4.15. The lowest BCUT2D eigenvalue weighted by Crippen LogP contribution is -2.66. The monoisotopic (exact) mass is 362 g/mol. The van der Waals surface area contributed by atoms with Crippen molar-refractivity contribution in [3.8, 4) is 0 Å². The normalized spacial score (nSPS) is 13.1. The molecule has 4 heteroatoms. The van der Waals surface area contributed by atoms with Crippen LogP contribution in [0.4, 0.5) is 4.39 Å². The van der Waals surface area contributed by atoms with Crippen LogP contribution in [0.15, 0.2) is 72.0 Å². The molecular weight excluding hydrogens is 339 g/mol. The second-order valence-electron chi connectivity index (χ2n) is 6.79. The lowest BCUT2D eigenvalue weighted by Gasteiger charge is -2.43. The van der Waals surface area contributed by atoms with Gasteiger partial charge in [0.05, 0.1) is 0 Å². The number of hydrogen-bond donors (Lipinski definition) is 0. The molecule has 0 fully saturated rings. The van der Waals surface area contributed by atoms with Crippen molar-refractivity contribution in [3.05, 3.63) is 72.0 Å². The molecule has 0 atom stereocenters. The Morgan fingerprint density at radius 2 is 1.46 bits per heavy atom. The maximum absolute atomic E-state index is 12.8. The topological polar surface area (TPSA) is 9.23 Å². The summed E-state index contributed by atoms with van der Waals surface area (Å²) in [5, 5.41) is 1.69. The van der Waals surface area contributed by atoms with Crippen molar-refractivity contribution >= 4 is 30.3 Å². The summed E-state index contributed by atoms with van der Waals surface area (Å²) in [5.74, 6) is 0. The minimum absolute atomic E-state index is 0.0705. The molecule has 24 heavy (non-hydrogen) atoms. The van der Waals surface area contributed by atoms with Crippen LogP contribution in [0.3, 0.4) is 0 Å². The minimum atomic E-state index is -2.52. The highest BCUT2D eigenvalue weighted by atomic mass is 35.5. The zero-order chi connectivity index (χ0) is 17.6. The molecule has 0 saturated carbocycles. The van der Waals surface area contributed by atoms with Crippen molar-refractivity contribution in [2.75, 3.05) is 6.61 Å². The van der Waals surface area contributed by atoms with E-state index in [0.29, 0.717) is 13.0 Å². The fourth-order valence-corrected chi connectivity index (χ4v) is 7.83. The summed E-state index contributed by atoms with van der Waals surface area (Å²) in [6.45, 7) is 7.10. The Bertz CT molecular complexity index is 622. The molecule has 128 valence electrons. The van der Waals surface area contributed by atoms with Crippen molar-refractivity contribution in [1.82, 2.24) is 0 Å². The predicted octanol–water partition coefficient (Wildman–Crippen LogP) is 5.00. The maximum atomic E-state index is 12.8. The van der Waals surface area contributed by atoms with Crippen molar-refractivity contribution in [2.24, 2.45) is 0 Å². The molecule has 0 aliphatic carbocycles. The fourth-order valence-electron chi connectivity index (χ4n) is 3.14. The van der Waals surface area contributed by atoms with Gasteiger partial charge in [-0.2, -0.15) is 4.39 Å². The second-order valence-corrected chi connectivity index (χ2v) is 11.5. The molecule has 0 amide bonds. The van der Waals surface area contributed by atoms with E-state index in [4.69, 9.17) is 16.0 Å². The molecule has 0 bridgehead atoms. The summed E-state index contributed by atoms with van der Waals surface area (Å²) < 4.78 is 19.4. The summed E-state index contributed by atoms with van der Waals surface area (Å²) in [7, 11) is -2.52. The summed E-state index contributed by atoms with van der Waals surface area (Å²) in [6, 6.07) is 20.8. The smallest absolute Gasteiger partial charge is 0.261 e. The third-order valence-corrected chi connectivity index (χ3v) is 9.35. The van der Waals surface area contributed by atoms with Crippen LogP contribution in [0.2, 0.25) is 5.04 Å². The van der Waals surface area contributed by atoms with Gasteiger partial charge < -0.3 is 4.43 Å². The Morgan fingerprint density at radius 3 is 1.83 bits per heavy atom. The molecule has 0 radical (unpaired) electrons. The molecule has 0 N–H and O–H groups in total. The van der Waals surface area contributed by atoms with E-state index in [1.807, 2.05) is 36.4 Å². The largest absolute Gasteiger partial charge is 0.407 e. The van der Waals surface area contributed by atoms with E-state index in [0.717, 1.165) is 0 Å². The number of halogens is 2. The molecular formula is C20H24ClFOSi. The zero-order valence-corrected chi connectivity index (χ0v) is 16.2. The Kier molecular flexibility index (Phi) is 6.38. The standard InChI is InChI=1S/C20H24ClFOSi/c1-20(2,3)24(17-11-6-4-7-12-17,18-13-8-5-9-14-18)23-16-10-15-19(21)22/h4-9,11-15H,10,16H2,1-3H3/b19-15-. The van der Waals surface area contributed by atoms with E-state index in [1.54, 1.807) is 0 Å². The zero-order valence-electron chi connectivity index (χ0n) is 14.4. The molecule has 1 nitrogen and oxygen atoms in total. The first-order chi connectivity index (χ1) is 11.4. The van der Waals surface area contributed by atoms with E-state index >= 15 is 0 Å². The summed E-state index contributed by atoms with van der Waals surface area (Å²) in [5.41, 5.74) is 0. The average Bonchev–Trinajstić information content (AvgIpc) is 2.55. The highest BCUT2D eigenvalue weighted by molar-refractivity contribution is 6.99. The van der Waals surface area contributed by atoms with Crippen LogP contribution in [-0.4, -0.2) is 14.9 Å². The Hall–Kier alpha value is -1.42. The van der Waals surface area contributed by atoms with E-state index in [1.165, 1.54) is 16.4 Å². The van der Waals surface area contributed by atoms with Crippen molar-refractivity contribution in [1.29, 1.82) is 0 Å². The van der Waals surface area contributed by atoms with Crippen molar-refractivity contribution in [3.63, 3.8) is 0 Å². The van der Waals surface area contributed by atoms with E-state index in [2.05, 4.69) is 45.0 Å². The van der Waals surface area contributed by atoms with Gasteiger partial charge in [0.25, 0.3) is 8.32 Å². The van der Waals surface area contributed by atoms with Crippen LogP contribution in [-0.2, 0) is 4.43 Å². The van der Waals surface area contributed by atoms with Crippen LogP contribution in [0, 0.1) is 0 Å². The van der Waals surface area contributed by atoms with Crippen LogP contribution < -0.4 is 10.4 Å². The number of rotatable bonds is 6. The minimum Gasteiger partial charge on any atom is -0.407 e. The average molecular weight is 363 g/mol. The van der Waals surface area contributed by atoms with E-state index < -0.39 is 13.6 Å². The van der Waals surface area contributed by atoms with Gasteiger partial charge in [-0.05, 0) is 27.9 Å². The van der Waals surface area contributed by atoms with Gasteiger partial charge in [-0.15, -0.1) is 0 Å². The van der Waals surface area contributed by atoms with Gasteiger partial charge >= 0.3 is 0 Å². The van der Waals surface area contributed by atoms with Gasteiger partial charge in [0.1, 0.15) is 0 Å². The Labute approximate surface area is 150 Å². The fraction of sp³-hybridized carbons (Fsp3) is 0.300. The summed E-state index contributed by atoms with van der Waals surface area (Å²) in [4.78, 5) is 0. The van der Waals surface area contributed by atoms with Crippen molar-refractivity contribution < 1.29 is 8.82 Å². The van der Waals surface area contributed by atoms with Gasteiger partial charge in [-0.3, -0.25) is 0 Å². The van der Waals surface area contributed by atoms with Gasteiger partial charge in [0.2, 0.25) is 0 Å². The molecule has 2 aromatic carbocycles. The van der Waals surface area contributed by atoms with E-state index in [9.17, 15) is 4.39 Å². The molecule has 2 rings (SSSR count). The summed E-state index contributed by atoms with van der Waals surface area (Å²) in [6.07, 6.45) is 1.82. The van der Waals surface area contributed by atoms with E-state index in [-0.39, 0.29) is 5.04 Å². The van der Waals surface area contributed by atoms with Crippen LogP contribution in [0.25, 0.3) is 0 Å². The maximum Gasteiger partial charge on any atom is 0.261 e. The first-order valence-electron chi connectivity index (χ1n) is 8.14. The molecule has 0 spiro atoms. The molecule has 0 aliphatic rings. The van der Waals surface area contributed by atoms with Crippen LogP contribution >= 0.6 is 11.6 Å². The molecule has 0 saturated heterocycles. The highest BCUT2D eigenvalue weighted by Crippen LogP contribution is 2.36. The van der Waals surface area contributed by atoms with Gasteiger partial charge in [-0.1, -0.05) is 93.0 Å². The first kappa shape index (κ1) is 18.9. The first-order valence-corrected chi connectivity index (χ1v) is 10.4. The number of benzene rings is 2. The molecule has 0 heterocycles. The molecule has 2 aromatic rings. The lowest BCUT2D eigenvalue weighted by atomic mass is 10.2. The predicted molar refractivity (Wildman–Crippen MR) is 103 cm³/mol. The molecule has 0 aliphatic heterocycles. The lowest BCUT2D eigenvalue weighted by molar-refractivity contribution is 0.304. The van der Waals surface area contributed by atoms with Gasteiger partial charge in [-0.25, -0.2) is 0 Å². The Morgan fingerprint density at radius 1 is 1.00 bits per heavy atom. The third-order valence-electron chi connectivity index (χ3n) is 4.15. The SMILES string of the molecule is CC(C)(C)[Si](OCC/C=C(\F)Cl)(c1ccccc1)c1ccccc1. The Balaban J connectivity index is 2.51. The van der Waals surface area contributed by atoms with Crippen LogP contribution in [0.5, 0.6) is 0 Å². The van der Waals surface area contributed by atoms with Crippen molar-refractivity contribution in [2.45, 2.75) is 32.2 Å². The number of hydrogen-bond acceptors (Lipinski definition) is 1. The summed E-state index contributed by atoms with van der Waals surface area (Å²) >= 11 is 5.30. The van der Waals surface area contributed by atoms with Crippen LogP contribution in [0.1, 0.15) is 27.2 Å².